The minimum absolute atomic E-state index is 0.202. The van der Waals surface area contributed by atoms with E-state index in [1.807, 2.05) is 0 Å². The maximum atomic E-state index is 11.8. The smallest absolute Gasteiger partial charge is 0.337 e. The van der Waals surface area contributed by atoms with Crippen LogP contribution >= 0.6 is 0 Å². The van der Waals surface area contributed by atoms with E-state index in [2.05, 4.69) is 4.74 Å². The second-order valence-electron chi connectivity index (χ2n) is 7.20. The van der Waals surface area contributed by atoms with E-state index in [1.54, 1.807) is 0 Å². The van der Waals surface area contributed by atoms with Gasteiger partial charge in [-0.15, -0.1) is 0 Å². The van der Waals surface area contributed by atoms with Crippen LogP contribution in [0, 0.1) is 0 Å². The van der Waals surface area contributed by atoms with Gasteiger partial charge in [0.15, 0.2) is 12.2 Å². The largest absolute Gasteiger partial charge is 0.465 e. The molecule has 1 aliphatic heterocycles. The molecule has 0 N–H and O–H groups in total. The van der Waals surface area contributed by atoms with Crippen molar-refractivity contribution in [2.45, 2.75) is 58.4 Å². The molecule has 0 aromatic heterocycles. The van der Waals surface area contributed by atoms with Gasteiger partial charge in [0.2, 0.25) is 12.4 Å². The van der Waals surface area contributed by atoms with Gasteiger partial charge in [0, 0.05) is 27.7 Å². The molecule has 12 nitrogen and oxygen atoms in total. The zero-order valence-corrected chi connectivity index (χ0v) is 19.3. The van der Waals surface area contributed by atoms with Gasteiger partial charge < -0.3 is 33.2 Å². The molecule has 2 rings (SSSR count). The molecule has 12 heteroatoms. The number of hydrogen-bond acceptors (Lipinski definition) is 12. The minimum atomic E-state index is -1.37. The molecule has 1 aliphatic rings. The summed E-state index contributed by atoms with van der Waals surface area (Å²) in [6.07, 6.45) is -6.50. The Morgan fingerprint density at radius 1 is 0.765 bits per heavy atom. The molecule has 1 aromatic rings. The predicted octanol–water partition coefficient (Wildman–Crippen LogP) is 0.935. The Morgan fingerprint density at radius 2 is 1.29 bits per heavy atom. The monoisotopic (exact) mass is 482 g/mol. The van der Waals surface area contributed by atoms with E-state index >= 15 is 0 Å². The van der Waals surface area contributed by atoms with Crippen LogP contribution in [0.25, 0.3) is 0 Å². The second-order valence-corrected chi connectivity index (χ2v) is 7.20. The summed E-state index contributed by atoms with van der Waals surface area (Å²) < 4.78 is 37.2. The van der Waals surface area contributed by atoms with Crippen molar-refractivity contribution in [1.82, 2.24) is 0 Å². The van der Waals surface area contributed by atoms with Crippen molar-refractivity contribution >= 4 is 29.8 Å². The molecule has 5 atom stereocenters. The van der Waals surface area contributed by atoms with Crippen LogP contribution in [0.2, 0.25) is 0 Å². The maximum absolute atomic E-state index is 11.8. The van der Waals surface area contributed by atoms with Crippen molar-refractivity contribution in [2.24, 2.45) is 0 Å². The van der Waals surface area contributed by atoms with E-state index in [1.165, 1.54) is 38.3 Å². The first-order valence-corrected chi connectivity index (χ1v) is 10.2. The lowest BCUT2D eigenvalue weighted by atomic mass is 9.98. The van der Waals surface area contributed by atoms with Crippen LogP contribution in [0.4, 0.5) is 0 Å². The fourth-order valence-electron chi connectivity index (χ4n) is 3.21. The van der Waals surface area contributed by atoms with E-state index in [-0.39, 0.29) is 17.9 Å². The summed E-state index contributed by atoms with van der Waals surface area (Å²) in [7, 11) is 1.24. The number of benzene rings is 1. The Bertz CT molecular complexity index is 909. The number of ether oxygens (including phenoxy) is 7. The van der Waals surface area contributed by atoms with E-state index in [9.17, 15) is 24.0 Å². The number of carbonyl (C=O) groups excluding carboxylic acids is 5. The zero-order chi connectivity index (χ0) is 25.4. The van der Waals surface area contributed by atoms with Crippen molar-refractivity contribution in [3.63, 3.8) is 0 Å². The Labute approximate surface area is 195 Å². The quantitative estimate of drug-likeness (QED) is 0.383. The minimum Gasteiger partial charge on any atom is -0.465 e. The van der Waals surface area contributed by atoms with Gasteiger partial charge in [-0.05, 0) is 24.3 Å². The molecule has 0 saturated carbocycles. The Balaban J connectivity index is 2.42. The number of esters is 5. The van der Waals surface area contributed by atoms with Gasteiger partial charge in [0.05, 0.1) is 12.7 Å². The average molecular weight is 482 g/mol. The van der Waals surface area contributed by atoms with Gasteiger partial charge in [-0.2, -0.15) is 0 Å². The van der Waals surface area contributed by atoms with Crippen LogP contribution in [0.3, 0.4) is 0 Å². The highest BCUT2D eigenvalue weighted by molar-refractivity contribution is 5.89. The van der Waals surface area contributed by atoms with Crippen LogP contribution in [0.5, 0.6) is 5.75 Å². The van der Waals surface area contributed by atoms with Crippen molar-refractivity contribution < 1.29 is 57.1 Å². The lowest BCUT2D eigenvalue weighted by molar-refractivity contribution is -0.288. The summed E-state index contributed by atoms with van der Waals surface area (Å²) in [6.45, 7) is 4.16. The predicted molar refractivity (Wildman–Crippen MR) is 110 cm³/mol. The fourth-order valence-corrected chi connectivity index (χ4v) is 3.21. The molecule has 0 bridgehead atoms. The van der Waals surface area contributed by atoms with Crippen LogP contribution < -0.4 is 4.74 Å². The van der Waals surface area contributed by atoms with Crippen molar-refractivity contribution in [3.8, 4) is 5.75 Å². The van der Waals surface area contributed by atoms with Crippen LogP contribution in [0.1, 0.15) is 38.1 Å². The maximum Gasteiger partial charge on any atom is 0.337 e. The first kappa shape index (κ1) is 26.6. The van der Waals surface area contributed by atoms with Crippen molar-refractivity contribution in [3.05, 3.63) is 29.8 Å². The zero-order valence-electron chi connectivity index (χ0n) is 19.3. The third kappa shape index (κ3) is 7.44. The SMILES string of the molecule is COC(=O)c1ccc(O[C@H]2O[C@H](COC(C)=O)[C@@H](OC(C)=O)[C@H](OC(C)=O)[C@@H]2OC(C)=O)cc1. The Morgan fingerprint density at radius 3 is 1.79 bits per heavy atom. The molecule has 0 spiro atoms. The number of hydrogen-bond donors (Lipinski definition) is 0. The van der Waals surface area contributed by atoms with Gasteiger partial charge in [-0.3, -0.25) is 19.2 Å². The number of carbonyl (C=O) groups is 5. The molecule has 1 heterocycles. The summed E-state index contributed by atoms with van der Waals surface area (Å²) >= 11 is 0. The average Bonchev–Trinajstić information content (AvgIpc) is 2.75. The van der Waals surface area contributed by atoms with Gasteiger partial charge in [0.1, 0.15) is 18.5 Å². The fraction of sp³-hybridized carbons (Fsp3) is 0.500. The Hall–Kier alpha value is -3.67. The van der Waals surface area contributed by atoms with E-state index in [0.717, 1.165) is 20.8 Å². The summed E-state index contributed by atoms with van der Waals surface area (Å²) in [5.41, 5.74) is 0.261. The molecule has 0 aliphatic carbocycles. The lowest BCUT2D eigenvalue weighted by Crippen LogP contribution is -2.63. The highest BCUT2D eigenvalue weighted by atomic mass is 16.7. The normalized spacial score (nSPS) is 23.7. The summed E-state index contributed by atoms with van der Waals surface area (Å²) in [4.78, 5) is 58.4. The first-order chi connectivity index (χ1) is 16.0. The second kappa shape index (κ2) is 12.0. The lowest BCUT2D eigenvalue weighted by Gasteiger charge is -2.43. The highest BCUT2D eigenvalue weighted by Gasteiger charge is 2.53. The highest BCUT2D eigenvalue weighted by Crippen LogP contribution is 2.31. The van der Waals surface area contributed by atoms with Crippen LogP contribution in [-0.4, -0.2) is 74.3 Å². The van der Waals surface area contributed by atoms with E-state index in [4.69, 9.17) is 28.4 Å². The molecule has 1 saturated heterocycles. The summed E-state index contributed by atoms with van der Waals surface area (Å²) in [5.74, 6) is -3.23. The number of rotatable bonds is 8. The molecule has 0 amide bonds. The van der Waals surface area contributed by atoms with E-state index in [0.29, 0.717) is 0 Å². The van der Waals surface area contributed by atoms with Gasteiger partial charge >= 0.3 is 29.8 Å². The molecular formula is C22H26O12. The molecule has 186 valence electrons. The van der Waals surface area contributed by atoms with Gasteiger partial charge in [-0.1, -0.05) is 0 Å². The summed E-state index contributed by atoms with van der Waals surface area (Å²) in [6, 6.07) is 5.76. The molecule has 0 unspecified atom stereocenters. The third-order valence-electron chi connectivity index (χ3n) is 4.48. The molecule has 1 aromatic carbocycles. The van der Waals surface area contributed by atoms with Crippen molar-refractivity contribution in [1.29, 1.82) is 0 Å². The standard InChI is InChI=1S/C22H26O12/c1-11(23)29-10-17-18(30-12(2)24)19(31-13(3)25)20(32-14(4)26)22(34-17)33-16-8-6-15(7-9-16)21(27)28-5/h6-9,17-20,22H,10H2,1-5H3/t17-,18-,19+,20+,22+/m1/s1. The van der Waals surface area contributed by atoms with Gasteiger partial charge in [-0.25, -0.2) is 4.79 Å². The molecular weight excluding hydrogens is 456 g/mol. The van der Waals surface area contributed by atoms with Crippen molar-refractivity contribution in [2.75, 3.05) is 13.7 Å². The van der Waals surface area contributed by atoms with Gasteiger partial charge in [0.25, 0.3) is 0 Å². The third-order valence-corrected chi connectivity index (χ3v) is 4.48. The Kier molecular flexibility index (Phi) is 9.36. The molecule has 1 fully saturated rings. The summed E-state index contributed by atoms with van der Waals surface area (Å²) in [5, 5.41) is 0. The first-order valence-electron chi connectivity index (χ1n) is 10.2. The molecule has 0 radical (unpaired) electrons. The molecule has 34 heavy (non-hydrogen) atoms. The van der Waals surface area contributed by atoms with Crippen LogP contribution in [0.15, 0.2) is 24.3 Å². The topological polar surface area (TPSA) is 150 Å². The number of methoxy groups -OCH3 is 1. The van der Waals surface area contributed by atoms with Crippen LogP contribution in [-0.2, 0) is 47.6 Å². The van der Waals surface area contributed by atoms with E-state index < -0.39 is 60.6 Å².